The molecule has 5 rings (SSSR count). The third-order valence-electron chi connectivity index (χ3n) is 5.45. The van der Waals surface area contributed by atoms with E-state index in [4.69, 9.17) is 0 Å². The van der Waals surface area contributed by atoms with Gasteiger partial charge in [0.05, 0.1) is 10.6 Å². The second-order valence-electron chi connectivity index (χ2n) is 7.97. The molecule has 0 bridgehead atoms. The molecule has 168 valence electrons. The van der Waals surface area contributed by atoms with Crippen LogP contribution in [0, 0.1) is 6.92 Å². The predicted molar refractivity (Wildman–Crippen MR) is 137 cm³/mol. The first kappa shape index (κ1) is 21.6. The molecule has 0 aliphatic carbocycles. The Hall–Kier alpha value is -4.23. The summed E-state index contributed by atoms with van der Waals surface area (Å²) in [7, 11) is -3.64. The normalized spacial score (nSPS) is 11.3. The molecule has 0 atom stereocenters. The number of fused-ring (bicyclic) bond motifs is 1. The first-order valence-corrected chi connectivity index (χ1v) is 12.2. The van der Waals surface area contributed by atoms with Gasteiger partial charge in [0.25, 0.3) is 10.0 Å². The zero-order chi connectivity index (χ0) is 23.5. The maximum atomic E-state index is 12.6. The molecule has 1 heterocycles. The highest BCUT2D eigenvalue weighted by Crippen LogP contribution is 2.26. The molecular weight excluding hydrogens is 444 g/mol. The number of nitrogens with one attached hydrogen (secondary N) is 2. The van der Waals surface area contributed by atoms with Gasteiger partial charge in [0.1, 0.15) is 12.1 Å². The average molecular weight is 467 g/mol. The van der Waals surface area contributed by atoms with Gasteiger partial charge in [-0.05, 0) is 60.2 Å². The molecule has 2 N–H and O–H groups in total. The minimum atomic E-state index is -3.64. The highest BCUT2D eigenvalue weighted by Gasteiger charge is 2.13. The fourth-order valence-electron chi connectivity index (χ4n) is 3.63. The molecule has 0 radical (unpaired) electrons. The summed E-state index contributed by atoms with van der Waals surface area (Å²) in [5.74, 6) is 0.645. The summed E-state index contributed by atoms with van der Waals surface area (Å²) in [6, 6.07) is 30.1. The Kier molecular flexibility index (Phi) is 5.69. The van der Waals surface area contributed by atoms with Gasteiger partial charge in [-0.15, -0.1) is 0 Å². The fraction of sp³-hybridized carbons (Fsp3) is 0.0370. The number of aromatic nitrogens is 2. The van der Waals surface area contributed by atoms with Crippen molar-refractivity contribution in [1.29, 1.82) is 0 Å². The molecule has 7 heteroatoms. The lowest BCUT2D eigenvalue weighted by Gasteiger charge is -2.11. The molecule has 6 nitrogen and oxygen atoms in total. The lowest BCUT2D eigenvalue weighted by atomic mass is 10.0. The van der Waals surface area contributed by atoms with E-state index in [0.717, 1.165) is 27.9 Å². The topological polar surface area (TPSA) is 84.0 Å². The molecule has 0 amide bonds. The van der Waals surface area contributed by atoms with Crippen LogP contribution in [0.4, 0.5) is 17.2 Å². The fourth-order valence-corrected chi connectivity index (χ4v) is 4.69. The summed E-state index contributed by atoms with van der Waals surface area (Å²) in [4.78, 5) is 8.96. The van der Waals surface area contributed by atoms with Crippen LogP contribution in [-0.2, 0) is 10.0 Å². The van der Waals surface area contributed by atoms with Crippen LogP contribution in [0.2, 0.25) is 0 Å². The molecule has 0 fully saturated rings. The van der Waals surface area contributed by atoms with Crippen LogP contribution < -0.4 is 10.0 Å². The van der Waals surface area contributed by atoms with Crippen LogP contribution in [0.15, 0.2) is 108 Å². The highest BCUT2D eigenvalue weighted by molar-refractivity contribution is 7.92. The summed E-state index contributed by atoms with van der Waals surface area (Å²) in [5.41, 5.74) is 4.07. The zero-order valence-electron chi connectivity index (χ0n) is 18.4. The molecule has 0 spiro atoms. The smallest absolute Gasteiger partial charge is 0.261 e. The predicted octanol–water partition coefficient (Wildman–Crippen LogP) is 6.15. The lowest BCUT2D eigenvalue weighted by molar-refractivity contribution is 0.601. The number of nitrogens with zero attached hydrogens (tertiary/aromatic N) is 2. The summed E-state index contributed by atoms with van der Waals surface area (Å²) >= 11 is 0. The van der Waals surface area contributed by atoms with E-state index in [1.165, 1.54) is 11.7 Å². The number of benzene rings is 4. The van der Waals surface area contributed by atoms with Crippen LogP contribution in [0.1, 0.15) is 5.56 Å². The number of hydrogen-bond acceptors (Lipinski definition) is 5. The lowest BCUT2D eigenvalue weighted by Crippen LogP contribution is -2.12. The van der Waals surface area contributed by atoms with Crippen molar-refractivity contribution in [1.82, 2.24) is 9.97 Å². The number of rotatable bonds is 6. The van der Waals surface area contributed by atoms with Gasteiger partial charge < -0.3 is 5.32 Å². The monoisotopic (exact) mass is 466 g/mol. The molecular formula is C27H22N4O2S. The van der Waals surface area contributed by atoms with E-state index in [-0.39, 0.29) is 4.90 Å². The van der Waals surface area contributed by atoms with Crippen LogP contribution in [0.25, 0.3) is 22.0 Å². The summed E-state index contributed by atoms with van der Waals surface area (Å²) in [6.45, 7) is 1.91. The van der Waals surface area contributed by atoms with E-state index < -0.39 is 10.0 Å². The van der Waals surface area contributed by atoms with Crippen molar-refractivity contribution < 1.29 is 8.42 Å². The number of hydrogen-bond donors (Lipinski definition) is 2. The average Bonchev–Trinajstić information content (AvgIpc) is 2.85. The Balaban J connectivity index is 1.31. The van der Waals surface area contributed by atoms with Crippen molar-refractivity contribution in [2.75, 3.05) is 10.0 Å². The standard InChI is InChI=1S/C27H22N4O2S/c1-19-6-14-25(15-7-19)34(32,33)31-24-12-10-23(11-13-24)30-27-17-26(28-18-29-27)22-9-8-20-4-2-3-5-21(20)16-22/h2-18,31H,1H3,(H,28,29,30). The second kappa shape index (κ2) is 8.96. The van der Waals surface area contributed by atoms with Crippen molar-refractivity contribution in [3.63, 3.8) is 0 Å². The number of aryl methyl sites for hydroxylation is 1. The number of anilines is 3. The van der Waals surface area contributed by atoms with Gasteiger partial charge >= 0.3 is 0 Å². The zero-order valence-corrected chi connectivity index (χ0v) is 19.3. The van der Waals surface area contributed by atoms with Gasteiger partial charge in [0.15, 0.2) is 0 Å². The largest absolute Gasteiger partial charge is 0.340 e. The van der Waals surface area contributed by atoms with Crippen molar-refractivity contribution in [3.8, 4) is 11.3 Å². The molecule has 0 aliphatic rings. The molecule has 34 heavy (non-hydrogen) atoms. The third kappa shape index (κ3) is 4.74. The van der Waals surface area contributed by atoms with Crippen LogP contribution in [-0.4, -0.2) is 18.4 Å². The Morgan fingerprint density at radius 1 is 0.706 bits per heavy atom. The Bertz CT molecular complexity index is 1570. The van der Waals surface area contributed by atoms with E-state index >= 15 is 0 Å². The van der Waals surface area contributed by atoms with E-state index in [0.29, 0.717) is 11.5 Å². The van der Waals surface area contributed by atoms with Gasteiger partial charge in [-0.25, -0.2) is 18.4 Å². The SMILES string of the molecule is Cc1ccc(S(=O)(=O)Nc2ccc(Nc3cc(-c4ccc5ccccc5c4)ncn3)cc2)cc1. The van der Waals surface area contributed by atoms with Crippen LogP contribution in [0.3, 0.4) is 0 Å². The van der Waals surface area contributed by atoms with E-state index in [1.54, 1.807) is 48.5 Å². The Morgan fingerprint density at radius 2 is 1.41 bits per heavy atom. The Labute approximate surface area is 198 Å². The van der Waals surface area contributed by atoms with Crippen LogP contribution >= 0.6 is 0 Å². The first-order valence-electron chi connectivity index (χ1n) is 10.7. The molecule has 4 aromatic carbocycles. The molecule has 0 saturated carbocycles. The van der Waals surface area contributed by atoms with Crippen molar-refractivity contribution in [3.05, 3.63) is 109 Å². The van der Waals surface area contributed by atoms with E-state index in [2.05, 4.69) is 44.3 Å². The quantitative estimate of drug-likeness (QED) is 0.314. The molecule has 5 aromatic rings. The molecule has 1 aromatic heterocycles. The summed E-state index contributed by atoms with van der Waals surface area (Å²) in [6.07, 6.45) is 1.52. The summed E-state index contributed by atoms with van der Waals surface area (Å²) < 4.78 is 27.8. The van der Waals surface area contributed by atoms with Gasteiger partial charge in [0, 0.05) is 23.0 Å². The van der Waals surface area contributed by atoms with Gasteiger partial charge in [-0.3, -0.25) is 4.72 Å². The first-order chi connectivity index (χ1) is 16.5. The van der Waals surface area contributed by atoms with Gasteiger partial charge in [0.2, 0.25) is 0 Å². The Morgan fingerprint density at radius 3 is 2.18 bits per heavy atom. The van der Waals surface area contributed by atoms with E-state index in [1.807, 2.05) is 31.2 Å². The molecule has 0 aliphatic heterocycles. The second-order valence-corrected chi connectivity index (χ2v) is 9.65. The molecule has 0 unspecified atom stereocenters. The van der Waals surface area contributed by atoms with Gasteiger partial charge in [-0.2, -0.15) is 0 Å². The minimum absolute atomic E-state index is 0.225. The molecule has 0 saturated heterocycles. The van der Waals surface area contributed by atoms with Crippen molar-refractivity contribution in [2.45, 2.75) is 11.8 Å². The maximum absolute atomic E-state index is 12.6. The summed E-state index contributed by atoms with van der Waals surface area (Å²) in [5, 5.41) is 5.58. The highest BCUT2D eigenvalue weighted by atomic mass is 32.2. The van der Waals surface area contributed by atoms with Crippen molar-refractivity contribution in [2.24, 2.45) is 0 Å². The van der Waals surface area contributed by atoms with E-state index in [9.17, 15) is 8.42 Å². The minimum Gasteiger partial charge on any atom is -0.340 e. The number of sulfonamides is 1. The van der Waals surface area contributed by atoms with Gasteiger partial charge in [-0.1, -0.05) is 54.1 Å². The van der Waals surface area contributed by atoms with Crippen molar-refractivity contribution >= 4 is 38.0 Å². The van der Waals surface area contributed by atoms with Crippen LogP contribution in [0.5, 0.6) is 0 Å². The maximum Gasteiger partial charge on any atom is 0.261 e. The third-order valence-corrected chi connectivity index (χ3v) is 6.85.